The Hall–Kier alpha value is 0.00494. The Labute approximate surface area is 64.3 Å². The van der Waals surface area contributed by atoms with Crippen LogP contribution in [0.15, 0.2) is 6.20 Å². The van der Waals surface area contributed by atoms with Crippen LogP contribution in [0.4, 0.5) is 0 Å². The molecule has 1 heterocycles. The molecule has 0 unspecified atom stereocenters. The van der Waals surface area contributed by atoms with Gasteiger partial charge in [-0.3, -0.25) is 0 Å². The minimum Gasteiger partial charge on any atom is -0.311 e. The van der Waals surface area contributed by atoms with Crippen LogP contribution in [-0.2, 0) is 10.8 Å². The van der Waals surface area contributed by atoms with Crippen molar-refractivity contribution in [2.75, 3.05) is 0 Å². The van der Waals surface area contributed by atoms with Crippen molar-refractivity contribution in [1.82, 2.24) is 4.98 Å². The topological polar surface area (TPSA) is 22.1 Å². The van der Waals surface area contributed by atoms with Gasteiger partial charge in [0.15, 0.2) is 0 Å². The van der Waals surface area contributed by atoms with Crippen molar-refractivity contribution in [2.24, 2.45) is 0 Å². The van der Waals surface area contributed by atoms with E-state index in [1.807, 2.05) is 0 Å². The summed E-state index contributed by atoms with van der Waals surface area (Å²) in [7, 11) is 5.38. The zero-order chi connectivity index (χ0) is 6.69. The summed E-state index contributed by atoms with van der Waals surface area (Å²) >= 11 is 4.97. The van der Waals surface area contributed by atoms with Crippen LogP contribution < -0.4 is 4.78 Å². The van der Waals surface area contributed by atoms with Crippen LogP contribution >= 0.6 is 24.2 Å². The molecule has 0 aliphatic rings. The molecule has 0 aliphatic carbocycles. The van der Waals surface area contributed by atoms with E-state index in [2.05, 4.69) is 22.1 Å². The number of aromatic nitrogens is 1. The van der Waals surface area contributed by atoms with Crippen molar-refractivity contribution in [3.63, 3.8) is 0 Å². The molecule has 0 saturated heterocycles. The molecule has 0 amide bonds. The molecule has 46 valence electrons. The van der Waals surface area contributed by atoms with Crippen molar-refractivity contribution in [3.8, 4) is 0 Å². The predicted octanol–water partition coefficient (Wildman–Crippen LogP) is 0.298. The van der Waals surface area contributed by atoms with Crippen molar-refractivity contribution in [1.29, 1.82) is 0 Å². The third-order valence-corrected chi connectivity index (χ3v) is 1.69. The molecule has 1 rings (SSSR count). The summed E-state index contributed by atoms with van der Waals surface area (Å²) in [5.41, 5.74) is 0. The minimum atomic E-state index is 0.422. The molecule has 0 N–H and O–H groups in total. The van der Waals surface area contributed by atoms with Gasteiger partial charge < -0.3 is 4.18 Å². The maximum Gasteiger partial charge on any atom is 0.131 e. The first-order valence-corrected chi connectivity index (χ1v) is 3.47. The Kier molecular flexibility index (Phi) is 2.56. The second-order valence-electron chi connectivity index (χ2n) is 1.43. The fourth-order valence-electron chi connectivity index (χ4n) is 0.446. The maximum absolute atomic E-state index is 5.38. The molecule has 0 aromatic carbocycles. The molecule has 2 radical (unpaired) electrons. The summed E-state index contributed by atoms with van der Waals surface area (Å²) in [6.45, 7) is 0.422. The number of hydrogen-bond acceptors (Lipinski definition) is 4. The molecule has 9 heavy (non-hydrogen) atoms. The van der Waals surface area contributed by atoms with E-state index in [0.717, 1.165) is 5.01 Å². The minimum absolute atomic E-state index is 0.422. The normalized spacial score (nSPS) is 9.89. The van der Waals surface area contributed by atoms with Gasteiger partial charge in [0, 0.05) is 6.20 Å². The summed E-state index contributed by atoms with van der Waals surface area (Å²) in [5, 5.41) is 0.850. The number of hydrogen-bond donors (Lipinski definition) is 1. The van der Waals surface area contributed by atoms with E-state index in [1.165, 1.54) is 11.3 Å². The van der Waals surface area contributed by atoms with E-state index in [4.69, 9.17) is 7.85 Å². The van der Waals surface area contributed by atoms with E-state index in [9.17, 15) is 0 Å². The summed E-state index contributed by atoms with van der Waals surface area (Å²) in [6, 6.07) is 0. The summed E-state index contributed by atoms with van der Waals surface area (Å²) in [4.78, 5) is 3.93. The lowest BCUT2D eigenvalue weighted by molar-refractivity contribution is 0.371. The van der Waals surface area contributed by atoms with Gasteiger partial charge in [-0.2, -0.15) is 0 Å². The standard InChI is InChI=1S/C4H4BNOS2/c5-3-1-6-4(9-3)2-7-8/h1,8H,2H2. The predicted molar refractivity (Wildman–Crippen MR) is 41.3 cm³/mol. The summed E-state index contributed by atoms with van der Waals surface area (Å²) < 4.78 is 5.23. The quantitative estimate of drug-likeness (QED) is 0.379. The molecule has 0 spiro atoms. The Morgan fingerprint density at radius 1 is 1.89 bits per heavy atom. The molecular weight excluding hydrogens is 153 g/mol. The highest BCUT2D eigenvalue weighted by molar-refractivity contribution is 7.75. The number of thiol groups is 1. The average molecular weight is 157 g/mol. The highest BCUT2D eigenvalue weighted by Crippen LogP contribution is 2.02. The third-order valence-electron chi connectivity index (χ3n) is 0.759. The lowest BCUT2D eigenvalue weighted by Crippen LogP contribution is -1.89. The second-order valence-corrected chi connectivity index (χ2v) is 2.83. The van der Waals surface area contributed by atoms with E-state index in [1.54, 1.807) is 6.20 Å². The van der Waals surface area contributed by atoms with Crippen LogP contribution in [0.3, 0.4) is 0 Å². The van der Waals surface area contributed by atoms with E-state index in [-0.39, 0.29) is 0 Å². The largest absolute Gasteiger partial charge is 0.311 e. The van der Waals surface area contributed by atoms with Crippen LogP contribution in [0, 0.1) is 0 Å². The van der Waals surface area contributed by atoms with Gasteiger partial charge in [-0.05, 0) is 17.7 Å². The fourth-order valence-corrected chi connectivity index (χ4v) is 1.26. The van der Waals surface area contributed by atoms with E-state index < -0.39 is 0 Å². The smallest absolute Gasteiger partial charge is 0.131 e. The van der Waals surface area contributed by atoms with Crippen LogP contribution in [-0.4, -0.2) is 12.8 Å². The Bertz CT molecular complexity index is 190. The van der Waals surface area contributed by atoms with Crippen LogP contribution in [0.25, 0.3) is 0 Å². The van der Waals surface area contributed by atoms with Gasteiger partial charge in [-0.1, -0.05) is 0 Å². The maximum atomic E-state index is 5.38. The molecule has 0 saturated carbocycles. The molecule has 2 nitrogen and oxygen atoms in total. The van der Waals surface area contributed by atoms with Crippen LogP contribution in [0.2, 0.25) is 0 Å². The zero-order valence-electron chi connectivity index (χ0n) is 4.57. The molecule has 5 heteroatoms. The monoisotopic (exact) mass is 157 g/mol. The van der Waals surface area contributed by atoms with E-state index >= 15 is 0 Å². The molecule has 0 bridgehead atoms. The Morgan fingerprint density at radius 2 is 2.67 bits per heavy atom. The van der Waals surface area contributed by atoms with Gasteiger partial charge in [-0.15, -0.1) is 11.3 Å². The van der Waals surface area contributed by atoms with Gasteiger partial charge in [0.2, 0.25) is 0 Å². The molecule has 0 aliphatic heterocycles. The molecule has 0 atom stereocenters. The van der Waals surface area contributed by atoms with Crippen LogP contribution in [0.1, 0.15) is 5.01 Å². The van der Waals surface area contributed by atoms with E-state index in [0.29, 0.717) is 11.4 Å². The first-order chi connectivity index (χ1) is 4.33. The SMILES string of the molecule is [B]c1cnc(COS)s1. The van der Waals surface area contributed by atoms with Gasteiger partial charge in [0.05, 0.1) is 0 Å². The Morgan fingerprint density at radius 3 is 3.11 bits per heavy atom. The average Bonchev–Trinajstić information content (AvgIpc) is 2.17. The van der Waals surface area contributed by atoms with Gasteiger partial charge in [-0.25, -0.2) is 4.98 Å². The number of thiazole rings is 1. The number of nitrogens with zero attached hydrogens (tertiary/aromatic N) is 1. The lowest BCUT2D eigenvalue weighted by atomic mass is 10.1. The summed E-state index contributed by atoms with van der Waals surface area (Å²) in [6.07, 6.45) is 1.60. The van der Waals surface area contributed by atoms with Gasteiger partial charge >= 0.3 is 0 Å². The first-order valence-electron chi connectivity index (χ1n) is 2.29. The second kappa shape index (κ2) is 3.24. The number of rotatable bonds is 2. The fraction of sp³-hybridized carbons (Fsp3) is 0.250. The molecule has 0 fully saturated rings. The van der Waals surface area contributed by atoms with Gasteiger partial charge in [0.1, 0.15) is 19.5 Å². The van der Waals surface area contributed by atoms with Crippen molar-refractivity contribution < 1.29 is 4.18 Å². The van der Waals surface area contributed by atoms with Gasteiger partial charge in [0.25, 0.3) is 0 Å². The molecular formula is C4H4BNOS2. The lowest BCUT2D eigenvalue weighted by Gasteiger charge is -1.86. The van der Waals surface area contributed by atoms with Crippen molar-refractivity contribution in [2.45, 2.75) is 6.61 Å². The highest BCUT2D eigenvalue weighted by Gasteiger charge is 1.94. The highest BCUT2D eigenvalue weighted by atomic mass is 32.1. The van der Waals surface area contributed by atoms with Crippen LogP contribution in [0.5, 0.6) is 0 Å². The Balaban J connectivity index is 2.61. The van der Waals surface area contributed by atoms with Crippen molar-refractivity contribution >= 4 is 36.9 Å². The third kappa shape index (κ3) is 2.00. The van der Waals surface area contributed by atoms with Crippen molar-refractivity contribution in [3.05, 3.63) is 11.2 Å². The summed E-state index contributed by atoms with van der Waals surface area (Å²) in [5.74, 6) is 0. The molecule has 1 aromatic rings. The zero-order valence-corrected chi connectivity index (χ0v) is 6.28. The molecule has 1 aromatic heterocycles. The first kappa shape index (κ1) is 7.12.